The number of carbonyl (C=O) groups excluding carboxylic acids is 2. The molecule has 0 radical (unpaired) electrons. The van der Waals surface area contributed by atoms with Crippen molar-refractivity contribution in [1.82, 2.24) is 4.90 Å². The summed E-state index contributed by atoms with van der Waals surface area (Å²) in [6.07, 6.45) is 2.81. The van der Waals surface area contributed by atoms with Crippen molar-refractivity contribution in [3.05, 3.63) is 29.8 Å². The van der Waals surface area contributed by atoms with Crippen LogP contribution in [-0.4, -0.2) is 40.9 Å². The normalized spacial score (nSPS) is 25.4. The molecule has 6 heteroatoms. The number of anilines is 1. The van der Waals surface area contributed by atoms with Gasteiger partial charge in [-0.25, -0.2) is 4.79 Å². The number of fused-ring (bicyclic) bond motifs is 1. The summed E-state index contributed by atoms with van der Waals surface area (Å²) >= 11 is 0. The quantitative estimate of drug-likeness (QED) is 0.831. The molecular weight excluding hydrogens is 308 g/mol. The second-order valence-corrected chi connectivity index (χ2v) is 6.72. The van der Waals surface area contributed by atoms with Crippen molar-refractivity contribution >= 4 is 23.5 Å². The number of amides is 2. The highest BCUT2D eigenvalue weighted by molar-refractivity contribution is 5.98. The van der Waals surface area contributed by atoms with Crippen LogP contribution in [0, 0.1) is 11.3 Å². The second kappa shape index (κ2) is 6.26. The molecule has 0 unspecified atom stereocenters. The highest BCUT2D eigenvalue weighted by atomic mass is 16.4. The summed E-state index contributed by atoms with van der Waals surface area (Å²) < 4.78 is 0. The van der Waals surface area contributed by atoms with Crippen molar-refractivity contribution in [1.29, 1.82) is 0 Å². The van der Waals surface area contributed by atoms with Crippen molar-refractivity contribution in [3.63, 3.8) is 0 Å². The number of urea groups is 1. The van der Waals surface area contributed by atoms with Gasteiger partial charge < -0.3 is 15.3 Å². The highest BCUT2D eigenvalue weighted by Gasteiger charge is 2.55. The van der Waals surface area contributed by atoms with Crippen LogP contribution in [0.3, 0.4) is 0 Å². The number of ketones is 1. The van der Waals surface area contributed by atoms with Crippen LogP contribution in [0.2, 0.25) is 0 Å². The van der Waals surface area contributed by atoms with E-state index in [0.717, 1.165) is 12.8 Å². The van der Waals surface area contributed by atoms with Crippen LogP contribution < -0.4 is 5.32 Å². The monoisotopic (exact) mass is 330 g/mol. The van der Waals surface area contributed by atoms with Crippen LogP contribution in [0.25, 0.3) is 0 Å². The minimum atomic E-state index is -0.796. The SMILES string of the molecule is CCC(=O)c1cccc(NC(=O)N2C[C@@H]3CCC[C@@]3(C(=O)O)C2)c1. The van der Waals surface area contributed by atoms with E-state index in [1.807, 2.05) is 0 Å². The van der Waals surface area contributed by atoms with E-state index in [2.05, 4.69) is 5.32 Å². The summed E-state index contributed by atoms with van der Waals surface area (Å²) in [5, 5.41) is 12.4. The molecule has 2 fully saturated rings. The van der Waals surface area contributed by atoms with Gasteiger partial charge in [0.05, 0.1) is 5.41 Å². The maximum atomic E-state index is 12.5. The maximum Gasteiger partial charge on any atom is 0.321 e. The van der Waals surface area contributed by atoms with Gasteiger partial charge in [-0.3, -0.25) is 9.59 Å². The molecule has 0 aromatic heterocycles. The van der Waals surface area contributed by atoms with Gasteiger partial charge in [0.25, 0.3) is 0 Å². The Balaban J connectivity index is 1.71. The van der Waals surface area contributed by atoms with Gasteiger partial charge in [0.2, 0.25) is 0 Å². The lowest BCUT2D eigenvalue weighted by Gasteiger charge is -2.23. The molecule has 1 saturated heterocycles. The van der Waals surface area contributed by atoms with Gasteiger partial charge in [0, 0.05) is 30.8 Å². The number of benzene rings is 1. The Hall–Kier alpha value is -2.37. The van der Waals surface area contributed by atoms with Gasteiger partial charge in [-0.1, -0.05) is 25.5 Å². The first-order valence-electron chi connectivity index (χ1n) is 8.39. The minimum Gasteiger partial charge on any atom is -0.481 e. The fourth-order valence-electron chi connectivity index (χ4n) is 3.97. The van der Waals surface area contributed by atoms with Gasteiger partial charge in [-0.2, -0.15) is 0 Å². The molecule has 0 bridgehead atoms. The van der Waals surface area contributed by atoms with Gasteiger partial charge in [0.1, 0.15) is 0 Å². The molecule has 1 aromatic rings. The maximum absolute atomic E-state index is 12.5. The molecule has 0 spiro atoms. The number of Topliss-reactive ketones (excluding diaryl/α,β-unsaturated/α-hetero) is 1. The van der Waals surface area contributed by atoms with Gasteiger partial charge in [0.15, 0.2) is 5.78 Å². The first-order valence-corrected chi connectivity index (χ1v) is 8.39. The zero-order valence-electron chi connectivity index (χ0n) is 13.7. The number of aliphatic carboxylic acids is 1. The number of likely N-dealkylation sites (tertiary alicyclic amines) is 1. The Kier molecular flexibility index (Phi) is 4.30. The van der Waals surface area contributed by atoms with E-state index < -0.39 is 11.4 Å². The molecule has 1 saturated carbocycles. The zero-order valence-corrected chi connectivity index (χ0v) is 13.7. The molecule has 1 aliphatic heterocycles. The summed E-state index contributed by atoms with van der Waals surface area (Å²) in [7, 11) is 0. The van der Waals surface area contributed by atoms with Crippen LogP contribution in [0.15, 0.2) is 24.3 Å². The summed E-state index contributed by atoms with van der Waals surface area (Å²) in [5.41, 5.74) is 0.341. The molecule has 2 aliphatic rings. The van der Waals surface area contributed by atoms with E-state index in [1.54, 1.807) is 36.1 Å². The van der Waals surface area contributed by atoms with Crippen LogP contribution in [0.4, 0.5) is 10.5 Å². The molecular formula is C18H22N2O4. The largest absolute Gasteiger partial charge is 0.481 e. The number of carbonyl (C=O) groups is 3. The van der Waals surface area contributed by atoms with Crippen LogP contribution in [0.1, 0.15) is 43.0 Å². The molecule has 24 heavy (non-hydrogen) atoms. The van der Waals surface area contributed by atoms with Crippen LogP contribution >= 0.6 is 0 Å². The molecule has 2 amide bonds. The van der Waals surface area contributed by atoms with Gasteiger partial charge in [-0.15, -0.1) is 0 Å². The Labute approximate surface area is 140 Å². The number of nitrogens with one attached hydrogen (secondary N) is 1. The molecule has 3 rings (SSSR count). The second-order valence-electron chi connectivity index (χ2n) is 6.72. The number of nitrogens with zero attached hydrogens (tertiary/aromatic N) is 1. The molecule has 2 N–H and O–H groups in total. The predicted molar refractivity (Wildman–Crippen MR) is 89.1 cm³/mol. The Morgan fingerprint density at radius 2 is 2.17 bits per heavy atom. The Morgan fingerprint density at radius 1 is 1.38 bits per heavy atom. The van der Waals surface area contributed by atoms with E-state index in [9.17, 15) is 19.5 Å². The third kappa shape index (κ3) is 2.77. The van der Waals surface area contributed by atoms with Crippen LogP contribution in [-0.2, 0) is 4.79 Å². The van der Waals surface area contributed by atoms with Crippen molar-refractivity contribution in [2.75, 3.05) is 18.4 Å². The Morgan fingerprint density at radius 3 is 2.83 bits per heavy atom. The average molecular weight is 330 g/mol. The van der Waals surface area contributed by atoms with Gasteiger partial charge in [-0.05, 0) is 30.9 Å². The lowest BCUT2D eigenvalue weighted by Crippen LogP contribution is -2.38. The fourth-order valence-corrected chi connectivity index (χ4v) is 3.97. The summed E-state index contributed by atoms with van der Waals surface area (Å²) in [5.74, 6) is -0.740. The predicted octanol–water partition coefficient (Wildman–Crippen LogP) is 3.00. The number of hydrogen-bond acceptors (Lipinski definition) is 3. The van der Waals surface area contributed by atoms with Gasteiger partial charge >= 0.3 is 12.0 Å². The van der Waals surface area contributed by atoms with E-state index in [4.69, 9.17) is 0 Å². The third-order valence-electron chi connectivity index (χ3n) is 5.34. The third-order valence-corrected chi connectivity index (χ3v) is 5.34. The smallest absolute Gasteiger partial charge is 0.321 e. The highest BCUT2D eigenvalue weighted by Crippen LogP contribution is 2.48. The Bertz CT molecular complexity index is 687. The molecule has 1 aromatic carbocycles. The first kappa shape index (κ1) is 16.5. The van der Waals surface area contributed by atoms with E-state index in [1.165, 1.54) is 0 Å². The van der Waals surface area contributed by atoms with E-state index in [0.29, 0.717) is 30.6 Å². The standard InChI is InChI=1S/C18H22N2O4/c1-2-15(21)12-5-3-7-14(9-12)19-17(24)20-10-13-6-4-8-18(13,11-20)16(22)23/h3,5,7,9,13H,2,4,6,8,10-11H2,1H3,(H,19,24)(H,22,23)/t13-,18+/m0/s1. The molecule has 1 aliphatic carbocycles. The molecule has 128 valence electrons. The lowest BCUT2D eigenvalue weighted by molar-refractivity contribution is -0.149. The number of carboxylic acid groups (broad SMARTS) is 1. The van der Waals surface area contributed by atoms with Crippen LogP contribution in [0.5, 0.6) is 0 Å². The number of rotatable bonds is 4. The number of hydrogen-bond donors (Lipinski definition) is 2. The number of carboxylic acids is 1. The summed E-state index contributed by atoms with van der Waals surface area (Å²) in [6.45, 7) is 2.53. The molecule has 2 atom stereocenters. The molecule has 1 heterocycles. The van der Waals surface area contributed by atoms with Crippen molar-refractivity contribution in [2.24, 2.45) is 11.3 Å². The average Bonchev–Trinajstić information content (AvgIpc) is 3.12. The van der Waals surface area contributed by atoms with Crippen molar-refractivity contribution in [2.45, 2.75) is 32.6 Å². The summed E-state index contributed by atoms with van der Waals surface area (Å²) in [6, 6.07) is 6.55. The van der Waals surface area contributed by atoms with Crippen molar-refractivity contribution < 1.29 is 19.5 Å². The van der Waals surface area contributed by atoms with E-state index in [-0.39, 0.29) is 24.3 Å². The minimum absolute atomic E-state index is 0.0200. The fraction of sp³-hybridized carbons (Fsp3) is 0.500. The zero-order chi connectivity index (χ0) is 17.3. The molecule has 6 nitrogen and oxygen atoms in total. The topological polar surface area (TPSA) is 86.7 Å². The van der Waals surface area contributed by atoms with E-state index >= 15 is 0 Å². The first-order chi connectivity index (χ1) is 11.5. The van der Waals surface area contributed by atoms with Crippen molar-refractivity contribution in [3.8, 4) is 0 Å². The lowest BCUT2D eigenvalue weighted by atomic mass is 9.81. The summed E-state index contributed by atoms with van der Waals surface area (Å²) in [4.78, 5) is 37.5.